The van der Waals surface area contributed by atoms with Gasteiger partial charge in [0.2, 0.25) is 10.0 Å². The second-order valence-electron chi connectivity index (χ2n) is 5.87. The molecule has 0 saturated carbocycles. The molecule has 0 amide bonds. The lowest BCUT2D eigenvalue weighted by Crippen LogP contribution is -2.51. The van der Waals surface area contributed by atoms with Crippen molar-refractivity contribution in [2.75, 3.05) is 24.6 Å². The third-order valence-corrected chi connectivity index (χ3v) is 8.40. The zero-order valence-corrected chi connectivity index (χ0v) is 12.9. The summed E-state index contributed by atoms with van der Waals surface area (Å²) in [5, 5.41) is 8.28. The van der Waals surface area contributed by atoms with Gasteiger partial charge in [0.1, 0.15) is 0 Å². The fourth-order valence-corrected chi connectivity index (χ4v) is 7.48. The first kappa shape index (κ1) is 15.7. The summed E-state index contributed by atoms with van der Waals surface area (Å²) in [6.45, 7) is 1.71. The van der Waals surface area contributed by atoms with Crippen molar-refractivity contribution < 1.29 is 26.7 Å². The monoisotopic (exact) mass is 325 g/mol. The molecular weight excluding hydrogens is 306 g/mol. The van der Waals surface area contributed by atoms with E-state index in [2.05, 4.69) is 0 Å². The number of aliphatic carboxylic acids is 1. The largest absolute Gasteiger partial charge is 0.481 e. The second-order valence-corrected chi connectivity index (χ2v) is 10.3. The zero-order valence-electron chi connectivity index (χ0n) is 11.3. The van der Waals surface area contributed by atoms with Crippen LogP contribution < -0.4 is 0 Å². The van der Waals surface area contributed by atoms with Crippen LogP contribution in [0.4, 0.5) is 0 Å². The van der Waals surface area contributed by atoms with Crippen LogP contribution in [0.5, 0.6) is 0 Å². The van der Waals surface area contributed by atoms with Gasteiger partial charge in [-0.3, -0.25) is 4.79 Å². The zero-order chi connectivity index (χ0) is 15.2. The van der Waals surface area contributed by atoms with Crippen LogP contribution in [0.15, 0.2) is 0 Å². The normalized spacial score (nSPS) is 35.0. The lowest BCUT2D eigenvalue weighted by Gasteiger charge is -2.37. The van der Waals surface area contributed by atoms with Crippen LogP contribution >= 0.6 is 0 Å². The molecule has 9 heteroatoms. The fourth-order valence-electron chi connectivity index (χ4n) is 2.79. The van der Waals surface area contributed by atoms with Crippen LogP contribution in [0.2, 0.25) is 0 Å². The number of hydrogen-bond donors (Lipinski definition) is 1. The van der Waals surface area contributed by atoms with E-state index < -0.39 is 36.5 Å². The lowest BCUT2D eigenvalue weighted by molar-refractivity contribution is -0.150. The maximum atomic E-state index is 12.5. The van der Waals surface area contributed by atoms with Crippen LogP contribution in [0.1, 0.15) is 26.2 Å². The van der Waals surface area contributed by atoms with Crippen molar-refractivity contribution in [2.24, 2.45) is 5.41 Å². The molecule has 0 aliphatic carbocycles. The first-order valence-electron chi connectivity index (χ1n) is 6.50. The van der Waals surface area contributed by atoms with E-state index in [0.29, 0.717) is 12.8 Å². The highest BCUT2D eigenvalue weighted by molar-refractivity contribution is 7.95. The Morgan fingerprint density at radius 3 is 2.55 bits per heavy atom. The predicted octanol–water partition coefficient (Wildman–Crippen LogP) is -0.310. The van der Waals surface area contributed by atoms with E-state index in [1.54, 1.807) is 0 Å². The number of sulfonamides is 1. The van der Waals surface area contributed by atoms with Gasteiger partial charge in [-0.25, -0.2) is 21.1 Å². The maximum Gasteiger partial charge on any atom is 0.310 e. The topological polar surface area (TPSA) is 109 Å². The Morgan fingerprint density at radius 2 is 2.05 bits per heavy atom. The molecule has 2 aliphatic heterocycles. The predicted molar refractivity (Wildman–Crippen MR) is 72.5 cm³/mol. The molecule has 20 heavy (non-hydrogen) atoms. The Bertz CT molecular complexity index is 611. The summed E-state index contributed by atoms with van der Waals surface area (Å²) in [6.07, 6.45) is 1.00. The second kappa shape index (κ2) is 4.96. The quantitative estimate of drug-likeness (QED) is 0.762. The number of carboxylic acid groups (broad SMARTS) is 1. The molecule has 2 fully saturated rings. The Labute approximate surface area is 118 Å². The molecule has 0 aromatic carbocycles. The Balaban J connectivity index is 2.20. The highest BCUT2D eigenvalue weighted by atomic mass is 32.2. The highest BCUT2D eigenvalue weighted by Gasteiger charge is 2.46. The molecule has 0 radical (unpaired) electrons. The van der Waals surface area contributed by atoms with Crippen molar-refractivity contribution in [3.05, 3.63) is 0 Å². The van der Waals surface area contributed by atoms with Crippen LogP contribution in [0.25, 0.3) is 0 Å². The van der Waals surface area contributed by atoms with E-state index in [9.17, 15) is 26.7 Å². The molecule has 2 heterocycles. The molecule has 2 rings (SSSR count). The molecule has 2 saturated heterocycles. The smallest absolute Gasteiger partial charge is 0.310 e. The first-order valence-corrected chi connectivity index (χ1v) is 9.82. The van der Waals surface area contributed by atoms with Crippen LogP contribution in [-0.4, -0.2) is 62.1 Å². The molecule has 2 unspecified atom stereocenters. The molecule has 0 spiro atoms. The molecule has 0 aromatic rings. The van der Waals surface area contributed by atoms with Crippen molar-refractivity contribution >= 4 is 25.8 Å². The minimum Gasteiger partial charge on any atom is -0.481 e. The molecule has 1 N–H and O–H groups in total. The van der Waals surface area contributed by atoms with E-state index in [0.717, 1.165) is 4.31 Å². The van der Waals surface area contributed by atoms with Gasteiger partial charge in [0.25, 0.3) is 0 Å². The minimum atomic E-state index is -3.75. The molecular formula is C11H19NO6S2. The fraction of sp³-hybridized carbons (Fsp3) is 0.909. The average Bonchev–Trinajstić information content (AvgIpc) is 2.70. The lowest BCUT2D eigenvalue weighted by atomic mass is 9.83. The number of nitrogens with zero attached hydrogens (tertiary/aromatic N) is 1. The van der Waals surface area contributed by atoms with Crippen molar-refractivity contribution in [3.63, 3.8) is 0 Å². The summed E-state index contributed by atoms with van der Waals surface area (Å²) in [5.41, 5.74) is -1.09. The Kier molecular flexibility index (Phi) is 3.89. The summed E-state index contributed by atoms with van der Waals surface area (Å²) in [7, 11) is -7.03. The van der Waals surface area contributed by atoms with Gasteiger partial charge in [-0.15, -0.1) is 0 Å². The first-order chi connectivity index (χ1) is 9.07. The van der Waals surface area contributed by atoms with E-state index >= 15 is 0 Å². The van der Waals surface area contributed by atoms with Gasteiger partial charge in [0.15, 0.2) is 9.84 Å². The van der Waals surface area contributed by atoms with Gasteiger partial charge in [-0.05, 0) is 26.2 Å². The third kappa shape index (κ3) is 2.84. The van der Waals surface area contributed by atoms with E-state index in [4.69, 9.17) is 0 Å². The minimum absolute atomic E-state index is 0.0821. The average molecular weight is 325 g/mol. The van der Waals surface area contributed by atoms with Gasteiger partial charge < -0.3 is 5.11 Å². The van der Waals surface area contributed by atoms with Crippen LogP contribution in [0, 0.1) is 5.41 Å². The summed E-state index contributed by atoms with van der Waals surface area (Å²) >= 11 is 0. The number of sulfone groups is 1. The van der Waals surface area contributed by atoms with Gasteiger partial charge in [-0.2, -0.15) is 0 Å². The molecule has 0 bridgehead atoms. The molecule has 116 valence electrons. The van der Waals surface area contributed by atoms with Crippen molar-refractivity contribution in [1.29, 1.82) is 0 Å². The van der Waals surface area contributed by atoms with E-state index in [1.165, 1.54) is 6.92 Å². The summed E-state index contributed by atoms with van der Waals surface area (Å²) in [5.74, 6) is -1.48. The Morgan fingerprint density at radius 1 is 1.40 bits per heavy atom. The Hall–Kier alpha value is -0.670. The highest BCUT2D eigenvalue weighted by Crippen LogP contribution is 2.33. The van der Waals surface area contributed by atoms with E-state index in [-0.39, 0.29) is 31.0 Å². The van der Waals surface area contributed by atoms with Gasteiger partial charge in [0, 0.05) is 13.1 Å². The van der Waals surface area contributed by atoms with Crippen LogP contribution in [0.3, 0.4) is 0 Å². The van der Waals surface area contributed by atoms with Gasteiger partial charge >= 0.3 is 5.97 Å². The van der Waals surface area contributed by atoms with Gasteiger partial charge in [0.05, 0.1) is 22.2 Å². The van der Waals surface area contributed by atoms with E-state index in [1.807, 2.05) is 0 Å². The molecule has 2 aliphatic rings. The number of hydrogen-bond acceptors (Lipinski definition) is 5. The standard InChI is InChI=1S/C11H19NO6S2/c1-11(10(13)14)4-2-5-12(8-11)20(17,18)9-3-6-19(15,16)7-9/h9H,2-8H2,1H3,(H,13,14). The number of carbonyl (C=O) groups is 1. The van der Waals surface area contributed by atoms with Crippen molar-refractivity contribution in [2.45, 2.75) is 31.4 Å². The summed E-state index contributed by atoms with van der Waals surface area (Å²) in [4.78, 5) is 11.3. The molecule has 7 nitrogen and oxygen atoms in total. The SMILES string of the molecule is CC1(C(=O)O)CCCN(S(=O)(=O)C2CCS(=O)(=O)C2)C1. The number of piperidine rings is 1. The summed E-state index contributed by atoms with van der Waals surface area (Å²) in [6, 6.07) is 0. The maximum absolute atomic E-state index is 12.5. The molecule has 0 aromatic heterocycles. The van der Waals surface area contributed by atoms with Gasteiger partial charge in [-0.1, -0.05) is 0 Å². The molecule has 2 atom stereocenters. The summed E-state index contributed by atoms with van der Waals surface area (Å²) < 4.78 is 48.9. The van der Waals surface area contributed by atoms with Crippen molar-refractivity contribution in [1.82, 2.24) is 4.31 Å². The number of rotatable bonds is 3. The van der Waals surface area contributed by atoms with Crippen LogP contribution in [-0.2, 0) is 24.7 Å². The third-order valence-electron chi connectivity index (χ3n) is 4.15. The van der Waals surface area contributed by atoms with Crippen molar-refractivity contribution in [3.8, 4) is 0 Å². The number of carboxylic acids is 1.